The number of rotatable bonds is 6. The number of anilines is 1. The van der Waals surface area contributed by atoms with Crippen LogP contribution in [0.4, 0.5) is 5.69 Å². The van der Waals surface area contributed by atoms with Crippen LogP contribution in [0.5, 0.6) is 0 Å². The molecule has 2 aromatic carbocycles. The van der Waals surface area contributed by atoms with Crippen molar-refractivity contribution in [3.05, 3.63) is 86.6 Å². The number of nitriles is 1. The number of benzene rings is 2. The minimum atomic E-state index is -0.534. The van der Waals surface area contributed by atoms with Crippen LogP contribution in [-0.4, -0.2) is 11.7 Å². The summed E-state index contributed by atoms with van der Waals surface area (Å²) in [7, 11) is 0. The van der Waals surface area contributed by atoms with Crippen molar-refractivity contribution in [2.24, 2.45) is 0 Å². The van der Waals surface area contributed by atoms with Gasteiger partial charge in [0.1, 0.15) is 0 Å². The minimum absolute atomic E-state index is 0.244. The number of hydrogen-bond donors (Lipinski definition) is 2. The number of dihydropyridines is 1. The Morgan fingerprint density at radius 1 is 1.20 bits per heavy atom. The molecule has 0 saturated carbocycles. The van der Waals surface area contributed by atoms with Gasteiger partial charge in [-0.25, -0.2) is 0 Å². The van der Waals surface area contributed by atoms with E-state index >= 15 is 0 Å². The molecule has 1 atom stereocenters. The number of nitrogens with one attached hydrogen (secondary N) is 2. The van der Waals surface area contributed by atoms with Crippen LogP contribution in [0.2, 0.25) is 5.02 Å². The molecule has 0 bridgehead atoms. The number of carbonyl (C=O) groups excluding carboxylic acids is 1. The average Bonchev–Trinajstić information content (AvgIpc) is 2.73. The molecule has 1 heterocycles. The van der Waals surface area contributed by atoms with Gasteiger partial charge in [0.25, 0.3) is 5.91 Å². The first-order chi connectivity index (χ1) is 14.5. The Balaban J connectivity index is 2.10. The van der Waals surface area contributed by atoms with E-state index in [4.69, 9.17) is 11.6 Å². The molecule has 3 rings (SSSR count). The first-order valence-electron chi connectivity index (χ1n) is 9.84. The van der Waals surface area contributed by atoms with Crippen LogP contribution in [0.1, 0.15) is 37.3 Å². The van der Waals surface area contributed by atoms with Crippen molar-refractivity contribution < 1.29 is 4.79 Å². The zero-order chi connectivity index (χ0) is 21.7. The molecule has 0 unspecified atom stereocenters. The molecule has 154 valence electrons. The number of allylic oxidation sites excluding steroid dienone is 2. The van der Waals surface area contributed by atoms with Crippen LogP contribution in [0.15, 0.2) is 70.4 Å². The third kappa shape index (κ3) is 4.56. The summed E-state index contributed by atoms with van der Waals surface area (Å²) >= 11 is 8.12. The number of nitrogens with zero attached hydrogens (tertiary/aromatic N) is 1. The molecule has 2 N–H and O–H groups in total. The van der Waals surface area contributed by atoms with Crippen molar-refractivity contribution in [1.29, 1.82) is 5.26 Å². The second kappa shape index (κ2) is 9.88. The Bertz CT molecular complexity index is 1070. The number of carbonyl (C=O) groups is 1. The predicted octanol–water partition coefficient (Wildman–Crippen LogP) is 6.13. The van der Waals surface area contributed by atoms with Gasteiger partial charge in [0.2, 0.25) is 0 Å². The van der Waals surface area contributed by atoms with Crippen molar-refractivity contribution in [1.82, 2.24) is 5.32 Å². The molecular formula is C24H24ClN3OS. The Kier molecular flexibility index (Phi) is 7.25. The van der Waals surface area contributed by atoms with E-state index in [0.29, 0.717) is 16.2 Å². The third-order valence-electron chi connectivity index (χ3n) is 4.95. The van der Waals surface area contributed by atoms with Crippen LogP contribution in [-0.2, 0) is 4.79 Å². The lowest BCUT2D eigenvalue weighted by Gasteiger charge is -2.30. The molecule has 2 aromatic rings. The van der Waals surface area contributed by atoms with E-state index in [9.17, 15) is 10.1 Å². The summed E-state index contributed by atoms with van der Waals surface area (Å²) in [5.41, 5.74) is 4.21. The van der Waals surface area contributed by atoms with Crippen molar-refractivity contribution >= 4 is 35.0 Å². The summed E-state index contributed by atoms with van der Waals surface area (Å²) in [4.78, 5) is 13.4. The number of hydrogen-bond acceptors (Lipinski definition) is 4. The van der Waals surface area contributed by atoms with Crippen LogP contribution in [0, 0.1) is 18.3 Å². The topological polar surface area (TPSA) is 64.9 Å². The zero-order valence-corrected chi connectivity index (χ0v) is 18.8. The van der Waals surface area contributed by atoms with Crippen molar-refractivity contribution in [3.63, 3.8) is 0 Å². The summed E-state index contributed by atoms with van der Waals surface area (Å²) in [6.07, 6.45) is 0.981. The standard InChI is InChI=1S/C24H24ClN3OS/c1-4-13-30-24-18(14-26)22(17-10-6-7-11-19(17)25)21(16(3)27-24)23(29)28-20-12-8-5-9-15(20)2/h5-12,22,27H,4,13H2,1-3H3,(H,28,29)/t22-/m1/s1. The fraction of sp³-hybridized carbons (Fsp3) is 0.250. The summed E-state index contributed by atoms with van der Waals surface area (Å²) in [5, 5.41) is 17.7. The van der Waals surface area contributed by atoms with E-state index < -0.39 is 5.92 Å². The molecule has 1 aliphatic rings. The molecule has 1 aliphatic heterocycles. The van der Waals surface area contributed by atoms with E-state index in [2.05, 4.69) is 23.6 Å². The van der Waals surface area contributed by atoms with Gasteiger partial charge in [-0.3, -0.25) is 4.79 Å². The van der Waals surface area contributed by atoms with Gasteiger partial charge in [-0.1, -0.05) is 54.9 Å². The van der Waals surface area contributed by atoms with Crippen molar-refractivity contribution in [2.45, 2.75) is 33.1 Å². The number of aryl methyl sites for hydroxylation is 1. The summed E-state index contributed by atoms with van der Waals surface area (Å²) in [6, 6.07) is 17.4. The van der Waals surface area contributed by atoms with Gasteiger partial charge in [0.15, 0.2) is 0 Å². The van der Waals surface area contributed by atoms with Crippen LogP contribution < -0.4 is 10.6 Å². The largest absolute Gasteiger partial charge is 0.353 e. The lowest BCUT2D eigenvalue weighted by molar-refractivity contribution is -0.113. The summed E-state index contributed by atoms with van der Waals surface area (Å²) < 4.78 is 0. The van der Waals surface area contributed by atoms with Gasteiger partial charge in [0.05, 0.1) is 22.6 Å². The second-order valence-electron chi connectivity index (χ2n) is 7.09. The molecular weight excluding hydrogens is 414 g/mol. The van der Waals surface area contributed by atoms with Gasteiger partial charge >= 0.3 is 0 Å². The average molecular weight is 438 g/mol. The number of halogens is 1. The maximum Gasteiger partial charge on any atom is 0.254 e. The molecule has 1 amide bonds. The van der Waals surface area contributed by atoms with E-state index in [1.54, 1.807) is 17.8 Å². The van der Waals surface area contributed by atoms with Crippen LogP contribution in [0.25, 0.3) is 0 Å². The van der Waals surface area contributed by atoms with E-state index in [1.165, 1.54) is 0 Å². The van der Waals surface area contributed by atoms with Crippen molar-refractivity contribution in [3.8, 4) is 6.07 Å². The van der Waals surface area contributed by atoms with Gasteiger partial charge in [-0.05, 0) is 49.3 Å². The lowest BCUT2D eigenvalue weighted by atomic mass is 9.82. The zero-order valence-electron chi connectivity index (χ0n) is 17.3. The maximum absolute atomic E-state index is 13.4. The molecule has 6 heteroatoms. The molecule has 30 heavy (non-hydrogen) atoms. The Labute approximate surface area is 187 Å². The molecule has 0 aliphatic carbocycles. The highest BCUT2D eigenvalue weighted by atomic mass is 35.5. The van der Waals surface area contributed by atoms with Gasteiger partial charge in [-0.15, -0.1) is 11.8 Å². The summed E-state index contributed by atoms with van der Waals surface area (Å²) in [6.45, 7) is 5.91. The Hall–Kier alpha value is -2.68. The Morgan fingerprint density at radius 3 is 2.57 bits per heavy atom. The highest BCUT2D eigenvalue weighted by Crippen LogP contribution is 2.43. The Morgan fingerprint density at radius 2 is 1.90 bits per heavy atom. The third-order valence-corrected chi connectivity index (χ3v) is 6.52. The first kappa shape index (κ1) is 22.0. The second-order valence-corrected chi connectivity index (χ2v) is 8.60. The first-order valence-corrected chi connectivity index (χ1v) is 11.2. The van der Waals surface area contributed by atoms with E-state index in [1.807, 2.05) is 56.3 Å². The molecule has 0 fully saturated rings. The fourth-order valence-electron chi connectivity index (χ4n) is 3.45. The normalized spacial score (nSPS) is 16.2. The molecule has 4 nitrogen and oxygen atoms in total. The predicted molar refractivity (Wildman–Crippen MR) is 125 cm³/mol. The van der Waals surface area contributed by atoms with Gasteiger partial charge in [0, 0.05) is 22.0 Å². The monoisotopic (exact) mass is 437 g/mol. The molecule has 0 radical (unpaired) electrons. The molecule has 0 saturated heterocycles. The smallest absolute Gasteiger partial charge is 0.254 e. The number of thioether (sulfide) groups is 1. The number of para-hydroxylation sites is 1. The van der Waals surface area contributed by atoms with Crippen LogP contribution >= 0.6 is 23.4 Å². The van der Waals surface area contributed by atoms with Gasteiger partial charge in [-0.2, -0.15) is 5.26 Å². The molecule has 0 spiro atoms. The quantitative estimate of drug-likeness (QED) is 0.570. The lowest BCUT2D eigenvalue weighted by Crippen LogP contribution is -2.31. The van der Waals surface area contributed by atoms with Crippen LogP contribution in [0.3, 0.4) is 0 Å². The maximum atomic E-state index is 13.4. The van der Waals surface area contributed by atoms with Crippen molar-refractivity contribution in [2.75, 3.05) is 11.1 Å². The highest BCUT2D eigenvalue weighted by molar-refractivity contribution is 8.03. The highest BCUT2D eigenvalue weighted by Gasteiger charge is 2.35. The minimum Gasteiger partial charge on any atom is -0.353 e. The fourth-order valence-corrected chi connectivity index (χ4v) is 4.65. The summed E-state index contributed by atoms with van der Waals surface area (Å²) in [5.74, 6) is 0.0978. The molecule has 0 aromatic heterocycles. The van der Waals surface area contributed by atoms with E-state index in [0.717, 1.165) is 39.7 Å². The SMILES string of the molecule is CCCSC1=C(C#N)[C@@H](c2ccccc2Cl)C(C(=O)Nc2ccccc2C)=C(C)N1. The number of amides is 1. The van der Waals surface area contributed by atoms with Gasteiger partial charge < -0.3 is 10.6 Å². The van der Waals surface area contributed by atoms with E-state index in [-0.39, 0.29) is 5.91 Å².